The van der Waals surface area contributed by atoms with Crippen LogP contribution < -0.4 is 0 Å². The molecule has 3 nitrogen and oxygen atoms in total. The highest BCUT2D eigenvalue weighted by atomic mass is 16.5. The summed E-state index contributed by atoms with van der Waals surface area (Å²) in [6, 6.07) is 0. The molecule has 2 saturated carbocycles. The molecule has 0 aliphatic heterocycles. The number of hydrogen-bond donors (Lipinski definition) is 1. The molecule has 2 fully saturated rings. The van der Waals surface area contributed by atoms with Gasteiger partial charge in [0.1, 0.15) is 6.10 Å². The number of allylic oxidation sites excluding steroid dienone is 4. The Hall–Kier alpha value is -1.09. The Morgan fingerprint density at radius 2 is 2.00 bits per heavy atom. The van der Waals surface area contributed by atoms with Gasteiger partial charge in [-0.2, -0.15) is 0 Å². The molecule has 3 heteroatoms. The Morgan fingerprint density at radius 1 is 1.22 bits per heavy atom. The van der Waals surface area contributed by atoms with E-state index < -0.39 is 5.41 Å². The smallest absolute Gasteiger partial charge is 0.311 e. The number of carbonyl (C=O) groups excluding carboxylic acids is 1. The minimum Gasteiger partial charge on any atom is -0.461 e. The van der Waals surface area contributed by atoms with E-state index in [9.17, 15) is 9.90 Å². The molecular formula is C24H36O3. The molecule has 0 saturated heterocycles. The number of esters is 1. The normalized spacial score (nSPS) is 43.4. The second-order valence-electron chi connectivity index (χ2n) is 10.8. The lowest BCUT2D eigenvalue weighted by Crippen LogP contribution is -2.51. The molecule has 0 unspecified atom stereocenters. The van der Waals surface area contributed by atoms with E-state index >= 15 is 0 Å². The molecule has 0 aromatic rings. The lowest BCUT2D eigenvalue weighted by atomic mass is 9.49. The average molecular weight is 373 g/mol. The van der Waals surface area contributed by atoms with Crippen LogP contribution in [0, 0.1) is 34.0 Å². The molecule has 6 atom stereocenters. The van der Waals surface area contributed by atoms with Crippen LogP contribution in [0.3, 0.4) is 0 Å². The topological polar surface area (TPSA) is 46.5 Å². The first-order chi connectivity index (χ1) is 12.7. The Morgan fingerprint density at radius 3 is 2.70 bits per heavy atom. The molecular weight excluding hydrogens is 336 g/mol. The van der Waals surface area contributed by atoms with Crippen molar-refractivity contribution in [2.45, 2.75) is 78.7 Å². The van der Waals surface area contributed by atoms with Crippen molar-refractivity contribution in [2.24, 2.45) is 34.0 Å². The minimum atomic E-state index is -0.446. The third-order valence-electron chi connectivity index (χ3n) is 8.37. The number of aliphatic hydroxyl groups excluding tert-OH is 1. The number of aliphatic hydroxyl groups is 1. The van der Waals surface area contributed by atoms with Gasteiger partial charge >= 0.3 is 5.97 Å². The van der Waals surface area contributed by atoms with E-state index in [4.69, 9.17) is 4.74 Å². The van der Waals surface area contributed by atoms with Gasteiger partial charge in [0, 0.05) is 17.4 Å². The number of carbonyl (C=O) groups is 1. The van der Waals surface area contributed by atoms with E-state index in [0.29, 0.717) is 24.4 Å². The summed E-state index contributed by atoms with van der Waals surface area (Å²) in [5.41, 5.74) is 1.23. The second-order valence-corrected chi connectivity index (χ2v) is 10.8. The third kappa shape index (κ3) is 2.84. The lowest BCUT2D eigenvalue weighted by Gasteiger charge is -2.56. The first kappa shape index (κ1) is 19.2. The molecule has 0 aromatic carbocycles. The first-order valence-electron chi connectivity index (χ1n) is 10.9. The van der Waals surface area contributed by atoms with Gasteiger partial charge in [-0.1, -0.05) is 30.7 Å². The predicted molar refractivity (Wildman–Crippen MR) is 107 cm³/mol. The molecule has 0 heterocycles. The summed E-state index contributed by atoms with van der Waals surface area (Å²) in [5, 5.41) is 10.5. The summed E-state index contributed by atoms with van der Waals surface area (Å²) in [7, 11) is 0. The number of hydrogen-bond acceptors (Lipinski definition) is 3. The van der Waals surface area contributed by atoms with Gasteiger partial charge < -0.3 is 9.84 Å². The monoisotopic (exact) mass is 372 g/mol. The molecule has 27 heavy (non-hydrogen) atoms. The van der Waals surface area contributed by atoms with Gasteiger partial charge in [-0.05, 0) is 83.5 Å². The lowest BCUT2D eigenvalue weighted by molar-refractivity contribution is -0.166. The van der Waals surface area contributed by atoms with E-state index in [0.717, 1.165) is 44.9 Å². The van der Waals surface area contributed by atoms with Crippen molar-refractivity contribution in [3.63, 3.8) is 0 Å². The highest BCUT2D eigenvalue weighted by Crippen LogP contribution is 2.64. The molecule has 4 aliphatic carbocycles. The molecule has 0 spiro atoms. The maximum atomic E-state index is 12.5. The minimum absolute atomic E-state index is 0.0325. The standard InChI is InChI=1S/C24H36O3/c1-22(2,3)21(26)27-20-11-10-18-17-9-8-16-7-5-6-13-24(16,15-25)19(17)12-14-23(18,20)4/h5,7,9,16,18-20,25H,6,8,10-15H2,1-4H3/t16-,18-,19-,20-,23-,24+/m0/s1. The van der Waals surface area contributed by atoms with Crippen LogP contribution in [-0.2, 0) is 9.53 Å². The van der Waals surface area contributed by atoms with Crippen LogP contribution in [-0.4, -0.2) is 23.8 Å². The van der Waals surface area contributed by atoms with Crippen LogP contribution in [0.2, 0.25) is 0 Å². The SMILES string of the molecule is CC(C)(C)C(=O)O[C@H]1CC[C@H]2C3=CC[C@@H]4C=CCC[C@]4(CO)[C@H]3CC[C@]12C. The predicted octanol–water partition coefficient (Wildman–Crippen LogP) is 5.05. The van der Waals surface area contributed by atoms with Crippen molar-refractivity contribution in [3.8, 4) is 0 Å². The average Bonchev–Trinajstić information content (AvgIpc) is 2.97. The fraction of sp³-hybridized carbons (Fsp3) is 0.792. The molecule has 0 aromatic heterocycles. The van der Waals surface area contributed by atoms with Crippen LogP contribution in [0.5, 0.6) is 0 Å². The maximum Gasteiger partial charge on any atom is 0.311 e. The van der Waals surface area contributed by atoms with Crippen molar-refractivity contribution < 1.29 is 14.6 Å². The number of rotatable bonds is 2. The Kier molecular flexibility index (Phi) is 4.61. The van der Waals surface area contributed by atoms with Gasteiger partial charge in [-0.3, -0.25) is 4.79 Å². The zero-order valence-corrected chi connectivity index (χ0v) is 17.5. The van der Waals surface area contributed by atoms with Crippen LogP contribution in [0.15, 0.2) is 23.8 Å². The van der Waals surface area contributed by atoms with Crippen LogP contribution in [0.4, 0.5) is 0 Å². The zero-order valence-electron chi connectivity index (χ0n) is 17.5. The Balaban J connectivity index is 1.61. The summed E-state index contributed by atoms with van der Waals surface area (Å²) in [4.78, 5) is 12.5. The van der Waals surface area contributed by atoms with Crippen molar-refractivity contribution in [1.82, 2.24) is 0 Å². The summed E-state index contributed by atoms with van der Waals surface area (Å²) < 4.78 is 6.06. The van der Waals surface area contributed by atoms with Crippen molar-refractivity contribution in [1.29, 1.82) is 0 Å². The second kappa shape index (κ2) is 6.47. The van der Waals surface area contributed by atoms with Gasteiger partial charge in [0.2, 0.25) is 0 Å². The van der Waals surface area contributed by atoms with Crippen LogP contribution in [0.25, 0.3) is 0 Å². The van der Waals surface area contributed by atoms with Gasteiger partial charge in [0.05, 0.1) is 5.41 Å². The van der Waals surface area contributed by atoms with Gasteiger partial charge in [-0.15, -0.1) is 0 Å². The summed E-state index contributed by atoms with van der Waals surface area (Å²) >= 11 is 0. The van der Waals surface area contributed by atoms with Crippen molar-refractivity contribution >= 4 is 5.97 Å². The molecule has 1 N–H and O–H groups in total. The first-order valence-corrected chi connectivity index (χ1v) is 10.9. The zero-order chi connectivity index (χ0) is 19.4. The Labute approximate surface area is 164 Å². The van der Waals surface area contributed by atoms with E-state index in [-0.39, 0.29) is 22.9 Å². The van der Waals surface area contributed by atoms with Crippen molar-refractivity contribution in [2.75, 3.05) is 6.61 Å². The molecule has 4 aliphatic rings. The highest BCUT2D eigenvalue weighted by Gasteiger charge is 2.59. The van der Waals surface area contributed by atoms with E-state index in [1.807, 2.05) is 20.8 Å². The van der Waals surface area contributed by atoms with E-state index in [2.05, 4.69) is 25.2 Å². The third-order valence-corrected chi connectivity index (χ3v) is 8.37. The van der Waals surface area contributed by atoms with Crippen molar-refractivity contribution in [3.05, 3.63) is 23.8 Å². The van der Waals surface area contributed by atoms with Crippen LogP contribution in [0.1, 0.15) is 72.6 Å². The Bertz CT molecular complexity index is 670. The van der Waals surface area contributed by atoms with E-state index in [1.54, 1.807) is 5.57 Å². The van der Waals surface area contributed by atoms with Crippen LogP contribution >= 0.6 is 0 Å². The van der Waals surface area contributed by atoms with Gasteiger partial charge in [-0.25, -0.2) is 0 Å². The number of ether oxygens (including phenoxy) is 1. The van der Waals surface area contributed by atoms with Gasteiger partial charge in [0.15, 0.2) is 0 Å². The molecule has 4 rings (SSSR count). The molecule has 0 radical (unpaired) electrons. The summed E-state index contributed by atoms with van der Waals surface area (Å²) in [6.07, 6.45) is 14.8. The fourth-order valence-electron chi connectivity index (χ4n) is 6.66. The number of fused-ring (bicyclic) bond motifs is 5. The highest BCUT2D eigenvalue weighted by molar-refractivity contribution is 5.75. The van der Waals surface area contributed by atoms with Gasteiger partial charge in [0.25, 0.3) is 0 Å². The summed E-state index contributed by atoms with van der Waals surface area (Å²) in [6.45, 7) is 8.46. The summed E-state index contributed by atoms with van der Waals surface area (Å²) in [5.74, 6) is 1.43. The molecule has 0 bridgehead atoms. The molecule has 150 valence electrons. The quantitative estimate of drug-likeness (QED) is 0.545. The maximum absolute atomic E-state index is 12.5. The van der Waals surface area contributed by atoms with E-state index in [1.165, 1.54) is 0 Å². The molecule has 0 amide bonds. The fourth-order valence-corrected chi connectivity index (χ4v) is 6.66. The largest absolute Gasteiger partial charge is 0.461 e.